The van der Waals surface area contributed by atoms with Crippen LogP contribution in [0.15, 0.2) is 0 Å². The molecule has 0 fully saturated rings. The second-order valence-corrected chi connectivity index (χ2v) is 5.60. The summed E-state index contributed by atoms with van der Waals surface area (Å²) in [4.78, 5) is 10.2. The largest absolute Gasteiger partial charge is 0.480 e. The fourth-order valence-electron chi connectivity index (χ4n) is 0.887. The van der Waals surface area contributed by atoms with Gasteiger partial charge in [-0.1, -0.05) is 0 Å². The molecule has 0 amide bonds. The number of nitrogens with one attached hydrogen (secondary N) is 1. The van der Waals surface area contributed by atoms with Crippen molar-refractivity contribution in [2.75, 3.05) is 0 Å². The fourth-order valence-corrected chi connectivity index (χ4v) is 2.07. The van der Waals surface area contributed by atoms with Crippen LogP contribution < -0.4 is 4.72 Å². The average Bonchev–Trinajstić information content (AvgIpc) is 2.25. The Hall–Kier alpha value is -1.25. The van der Waals surface area contributed by atoms with E-state index >= 15 is 0 Å². The van der Waals surface area contributed by atoms with Crippen LogP contribution in [0.5, 0.6) is 0 Å². The first kappa shape index (κ1) is 20.8. The predicted molar refractivity (Wildman–Crippen MR) is 50.0 cm³/mol. The molecule has 0 saturated carbocycles. The molecule has 5 nitrogen and oxygen atoms in total. The van der Waals surface area contributed by atoms with Crippen molar-refractivity contribution in [3.63, 3.8) is 0 Å². The number of carbonyl (C=O) groups is 1. The first-order valence-electron chi connectivity index (χ1n) is 4.77. The van der Waals surface area contributed by atoms with Crippen LogP contribution in [0.2, 0.25) is 0 Å². The van der Waals surface area contributed by atoms with Gasteiger partial charge in [-0.2, -0.15) is 44.2 Å². The summed E-state index contributed by atoms with van der Waals surface area (Å²) in [6.07, 6.45) is -7.19. The van der Waals surface area contributed by atoms with E-state index in [1.165, 1.54) is 0 Å². The van der Waals surface area contributed by atoms with Crippen molar-refractivity contribution in [2.45, 2.75) is 36.2 Å². The molecule has 0 aliphatic heterocycles. The molecule has 132 valence electrons. The molecule has 0 spiro atoms. The minimum atomic E-state index is -7.40. The zero-order valence-electron chi connectivity index (χ0n) is 10.1. The lowest BCUT2D eigenvalue weighted by Gasteiger charge is -2.33. The van der Waals surface area contributed by atoms with Crippen molar-refractivity contribution < 1.29 is 57.8 Å². The quantitative estimate of drug-likeness (QED) is 0.698. The third-order valence-electron chi connectivity index (χ3n) is 2.16. The number of sulfonamides is 1. The Balaban J connectivity index is 5.96. The minimum Gasteiger partial charge on any atom is -0.480 e. The molecule has 0 aromatic rings. The van der Waals surface area contributed by atoms with Crippen LogP contribution in [-0.2, 0) is 14.8 Å². The summed E-state index contributed by atoms with van der Waals surface area (Å²) in [6, 6.07) is -2.49. The molecular formula is C7H6F9NO4S. The number of hydrogen-bond donors (Lipinski definition) is 2. The highest BCUT2D eigenvalue weighted by Gasteiger charge is 2.85. The first-order chi connectivity index (χ1) is 9.33. The van der Waals surface area contributed by atoms with Gasteiger partial charge >= 0.3 is 29.2 Å². The van der Waals surface area contributed by atoms with Crippen molar-refractivity contribution in [2.24, 2.45) is 0 Å². The molecule has 0 saturated heterocycles. The molecule has 0 radical (unpaired) electrons. The maximum atomic E-state index is 13.1. The van der Waals surface area contributed by atoms with E-state index in [0.717, 1.165) is 0 Å². The zero-order valence-corrected chi connectivity index (χ0v) is 10.9. The van der Waals surface area contributed by atoms with Gasteiger partial charge in [-0.05, 0) is 6.92 Å². The number of aliphatic carboxylic acids is 1. The maximum absolute atomic E-state index is 13.1. The van der Waals surface area contributed by atoms with E-state index in [2.05, 4.69) is 0 Å². The molecule has 0 aromatic heterocycles. The van der Waals surface area contributed by atoms with Crippen molar-refractivity contribution in [1.29, 1.82) is 0 Å². The second kappa shape index (κ2) is 5.43. The highest BCUT2D eigenvalue weighted by molar-refractivity contribution is 7.90. The predicted octanol–water partition coefficient (Wildman–Crippen LogP) is 1.80. The standard InChI is InChI=1S/C7H6F9NO4S/c1-2(3(18)19)17-22(20,21)7(15,16)5(10,11)4(8,9)6(12,13)14/h2,17H,1H3,(H,18,19). The SMILES string of the molecule is CC(NS(=O)(=O)C(F)(F)C(F)(F)C(F)(F)C(F)(F)F)C(=O)O. The summed E-state index contributed by atoms with van der Waals surface area (Å²) in [7, 11) is -6.90. The van der Waals surface area contributed by atoms with Crippen LogP contribution >= 0.6 is 0 Å². The first-order valence-corrected chi connectivity index (χ1v) is 6.26. The molecule has 1 atom stereocenters. The van der Waals surface area contributed by atoms with E-state index in [4.69, 9.17) is 5.11 Å². The summed E-state index contributed by atoms with van der Waals surface area (Å²) in [5.41, 5.74) is 0. The van der Waals surface area contributed by atoms with Gasteiger partial charge in [-0.3, -0.25) is 4.79 Å². The van der Waals surface area contributed by atoms with Crippen LogP contribution in [0.4, 0.5) is 39.5 Å². The van der Waals surface area contributed by atoms with E-state index in [1.54, 1.807) is 0 Å². The van der Waals surface area contributed by atoms with Crippen molar-refractivity contribution >= 4 is 16.0 Å². The van der Waals surface area contributed by atoms with Crippen LogP contribution in [0.1, 0.15) is 6.92 Å². The Morgan fingerprint density at radius 2 is 1.32 bits per heavy atom. The number of carboxylic acids is 1. The molecule has 0 aliphatic carbocycles. The fraction of sp³-hybridized carbons (Fsp3) is 0.857. The van der Waals surface area contributed by atoms with Crippen LogP contribution in [0.3, 0.4) is 0 Å². The van der Waals surface area contributed by atoms with Crippen molar-refractivity contribution in [1.82, 2.24) is 4.72 Å². The summed E-state index contributed by atoms with van der Waals surface area (Å²) in [5, 5.41) is 1.26. The number of carboxylic acid groups (broad SMARTS) is 1. The van der Waals surface area contributed by atoms with Crippen LogP contribution in [0, 0.1) is 0 Å². The maximum Gasteiger partial charge on any atom is 0.460 e. The van der Waals surface area contributed by atoms with Gasteiger partial charge in [0, 0.05) is 0 Å². The van der Waals surface area contributed by atoms with Crippen LogP contribution in [-0.4, -0.2) is 48.8 Å². The van der Waals surface area contributed by atoms with Gasteiger partial charge in [0.2, 0.25) is 0 Å². The normalized spacial score (nSPS) is 16.5. The molecule has 1 unspecified atom stereocenters. The van der Waals surface area contributed by atoms with Gasteiger partial charge in [0.25, 0.3) is 10.0 Å². The number of halogens is 9. The molecule has 0 aliphatic rings. The van der Waals surface area contributed by atoms with E-state index < -0.39 is 45.3 Å². The van der Waals surface area contributed by atoms with Gasteiger partial charge in [-0.25, -0.2) is 8.42 Å². The van der Waals surface area contributed by atoms with Crippen LogP contribution in [0.25, 0.3) is 0 Å². The molecule has 15 heteroatoms. The Morgan fingerprint density at radius 1 is 0.955 bits per heavy atom. The highest BCUT2D eigenvalue weighted by Crippen LogP contribution is 2.54. The smallest absolute Gasteiger partial charge is 0.460 e. The Kier molecular flexibility index (Phi) is 5.12. The third-order valence-corrected chi connectivity index (χ3v) is 3.75. The van der Waals surface area contributed by atoms with E-state index in [-0.39, 0.29) is 0 Å². The lowest BCUT2D eigenvalue weighted by Crippen LogP contribution is -2.65. The average molecular weight is 371 g/mol. The minimum absolute atomic E-state index is 0.343. The summed E-state index contributed by atoms with van der Waals surface area (Å²) < 4.78 is 134. The zero-order chi connectivity index (χ0) is 18.4. The second-order valence-electron chi connectivity index (χ2n) is 3.84. The Morgan fingerprint density at radius 3 is 1.59 bits per heavy atom. The molecular weight excluding hydrogens is 365 g/mol. The molecule has 2 N–H and O–H groups in total. The van der Waals surface area contributed by atoms with Crippen molar-refractivity contribution in [3.8, 4) is 0 Å². The summed E-state index contributed by atoms with van der Waals surface area (Å²) in [5.74, 6) is -17.0. The highest BCUT2D eigenvalue weighted by atomic mass is 32.2. The lowest BCUT2D eigenvalue weighted by atomic mass is 10.1. The van der Waals surface area contributed by atoms with Crippen molar-refractivity contribution in [3.05, 3.63) is 0 Å². The van der Waals surface area contributed by atoms with E-state index in [9.17, 15) is 52.7 Å². The topological polar surface area (TPSA) is 83.5 Å². The van der Waals surface area contributed by atoms with E-state index in [1.807, 2.05) is 0 Å². The van der Waals surface area contributed by atoms with Gasteiger partial charge in [-0.15, -0.1) is 0 Å². The molecule has 0 heterocycles. The van der Waals surface area contributed by atoms with Gasteiger partial charge in [0.15, 0.2) is 0 Å². The lowest BCUT2D eigenvalue weighted by molar-refractivity contribution is -0.382. The Labute approximate surface area is 116 Å². The molecule has 0 bridgehead atoms. The molecule has 22 heavy (non-hydrogen) atoms. The van der Waals surface area contributed by atoms with Gasteiger partial charge in [0.05, 0.1) is 0 Å². The summed E-state index contributed by atoms with van der Waals surface area (Å²) in [6.45, 7) is 0.343. The number of alkyl halides is 9. The molecule has 0 aromatic carbocycles. The Bertz CT molecular complexity index is 541. The number of hydrogen-bond acceptors (Lipinski definition) is 3. The van der Waals surface area contributed by atoms with Gasteiger partial charge in [0.1, 0.15) is 6.04 Å². The van der Waals surface area contributed by atoms with Gasteiger partial charge < -0.3 is 5.11 Å². The van der Waals surface area contributed by atoms with E-state index in [0.29, 0.717) is 11.6 Å². The molecule has 0 rings (SSSR count). The number of rotatable bonds is 6. The third kappa shape index (κ3) is 3.09. The monoisotopic (exact) mass is 371 g/mol. The summed E-state index contributed by atoms with van der Waals surface area (Å²) >= 11 is 0.